The topological polar surface area (TPSA) is 32.3 Å². The predicted molar refractivity (Wildman–Crippen MR) is 61.5 cm³/mol. The number of hydrogen-bond acceptors (Lipinski definition) is 3. The highest BCUT2D eigenvalue weighted by atomic mass is 19.1. The monoisotopic (exact) mass is 222 g/mol. The lowest BCUT2D eigenvalue weighted by Gasteiger charge is -2.30. The number of piperazine rings is 1. The number of carbonyl (C=O) groups excluding carboxylic acids is 1. The number of ketones is 1. The first-order chi connectivity index (χ1) is 7.68. The van der Waals surface area contributed by atoms with E-state index < -0.39 is 0 Å². The van der Waals surface area contributed by atoms with Crippen molar-refractivity contribution in [2.75, 3.05) is 31.1 Å². The molecule has 4 heteroatoms. The smallest absolute Gasteiger partial charge is 0.161 e. The van der Waals surface area contributed by atoms with E-state index in [1.165, 1.54) is 19.1 Å². The second-order valence-corrected chi connectivity index (χ2v) is 3.95. The average molecular weight is 222 g/mol. The maximum absolute atomic E-state index is 13.1. The Morgan fingerprint density at radius 2 is 2.06 bits per heavy atom. The Bertz CT molecular complexity index is 400. The minimum atomic E-state index is -0.357. The van der Waals surface area contributed by atoms with Gasteiger partial charge in [-0.25, -0.2) is 4.39 Å². The molecule has 1 aliphatic heterocycles. The maximum Gasteiger partial charge on any atom is 0.161 e. The lowest BCUT2D eigenvalue weighted by Crippen LogP contribution is -2.44. The highest BCUT2D eigenvalue weighted by molar-refractivity contribution is 5.99. The summed E-state index contributed by atoms with van der Waals surface area (Å²) in [5.41, 5.74) is 1.32. The first-order valence-electron chi connectivity index (χ1n) is 5.44. The Morgan fingerprint density at radius 1 is 1.38 bits per heavy atom. The Labute approximate surface area is 94.3 Å². The summed E-state index contributed by atoms with van der Waals surface area (Å²) >= 11 is 0. The zero-order chi connectivity index (χ0) is 11.5. The van der Waals surface area contributed by atoms with Gasteiger partial charge in [-0.1, -0.05) is 0 Å². The normalized spacial score (nSPS) is 16.2. The molecule has 1 fully saturated rings. The summed E-state index contributed by atoms with van der Waals surface area (Å²) in [5, 5.41) is 3.24. The second-order valence-electron chi connectivity index (χ2n) is 3.95. The van der Waals surface area contributed by atoms with Crippen molar-refractivity contribution in [2.45, 2.75) is 6.92 Å². The van der Waals surface area contributed by atoms with Crippen LogP contribution in [0.15, 0.2) is 18.2 Å². The van der Waals surface area contributed by atoms with Crippen molar-refractivity contribution >= 4 is 11.5 Å². The molecule has 1 aliphatic rings. The van der Waals surface area contributed by atoms with Crippen LogP contribution in [0.1, 0.15) is 17.3 Å². The van der Waals surface area contributed by atoms with Crippen molar-refractivity contribution in [3.8, 4) is 0 Å². The van der Waals surface area contributed by atoms with Crippen LogP contribution in [0.4, 0.5) is 10.1 Å². The van der Waals surface area contributed by atoms with Crippen LogP contribution in [-0.4, -0.2) is 32.0 Å². The Morgan fingerprint density at radius 3 is 2.69 bits per heavy atom. The molecule has 1 aromatic carbocycles. The Kier molecular flexibility index (Phi) is 3.19. The summed E-state index contributed by atoms with van der Waals surface area (Å²) in [4.78, 5) is 13.6. The Hall–Kier alpha value is -1.42. The largest absolute Gasteiger partial charge is 0.368 e. The van der Waals surface area contributed by atoms with Gasteiger partial charge in [-0.05, 0) is 25.1 Å². The molecule has 1 aromatic rings. The number of hydrogen-bond donors (Lipinski definition) is 1. The molecular formula is C12H15FN2O. The number of rotatable bonds is 2. The molecule has 1 N–H and O–H groups in total. The summed E-state index contributed by atoms with van der Waals surface area (Å²) in [5.74, 6) is -0.447. The highest BCUT2D eigenvalue weighted by Gasteiger charge is 2.16. The molecule has 0 aromatic heterocycles. The van der Waals surface area contributed by atoms with Crippen molar-refractivity contribution in [1.29, 1.82) is 0 Å². The van der Waals surface area contributed by atoms with Crippen LogP contribution < -0.4 is 10.2 Å². The number of Topliss-reactive ketones (excluding diaryl/α,β-unsaturated/α-hetero) is 1. The van der Waals surface area contributed by atoms with Gasteiger partial charge in [0, 0.05) is 37.4 Å². The minimum Gasteiger partial charge on any atom is -0.368 e. The molecule has 1 heterocycles. The van der Waals surface area contributed by atoms with Crippen LogP contribution in [0.5, 0.6) is 0 Å². The number of carbonyl (C=O) groups is 1. The standard InChI is InChI=1S/C12H15FN2O/c1-9(16)11-8-10(13)2-3-12(11)15-6-4-14-5-7-15/h2-3,8,14H,4-7H2,1H3. The number of anilines is 1. The van der Waals surface area contributed by atoms with Gasteiger partial charge in [-0.2, -0.15) is 0 Å². The van der Waals surface area contributed by atoms with Crippen LogP contribution >= 0.6 is 0 Å². The van der Waals surface area contributed by atoms with Crippen LogP contribution in [0.3, 0.4) is 0 Å². The molecule has 16 heavy (non-hydrogen) atoms. The van der Waals surface area contributed by atoms with Crippen molar-refractivity contribution in [2.24, 2.45) is 0 Å². The van der Waals surface area contributed by atoms with Gasteiger partial charge in [0.25, 0.3) is 0 Å². The molecule has 0 amide bonds. The van der Waals surface area contributed by atoms with Crippen LogP contribution in [0.25, 0.3) is 0 Å². The number of nitrogens with one attached hydrogen (secondary N) is 1. The van der Waals surface area contributed by atoms with Gasteiger partial charge in [0.1, 0.15) is 5.82 Å². The van der Waals surface area contributed by atoms with Crippen LogP contribution in [0.2, 0.25) is 0 Å². The third-order valence-corrected chi connectivity index (χ3v) is 2.80. The lowest BCUT2D eigenvalue weighted by molar-refractivity contribution is 0.101. The van der Waals surface area contributed by atoms with E-state index >= 15 is 0 Å². The third kappa shape index (κ3) is 2.22. The molecule has 0 aliphatic carbocycles. The summed E-state index contributed by atoms with van der Waals surface area (Å²) in [7, 11) is 0. The average Bonchev–Trinajstić information content (AvgIpc) is 2.30. The molecule has 0 saturated carbocycles. The molecular weight excluding hydrogens is 207 g/mol. The molecule has 0 spiro atoms. The highest BCUT2D eigenvalue weighted by Crippen LogP contribution is 2.22. The number of nitrogens with zero attached hydrogens (tertiary/aromatic N) is 1. The minimum absolute atomic E-state index is 0.0898. The Balaban J connectivity index is 2.34. The van der Waals surface area contributed by atoms with Gasteiger partial charge >= 0.3 is 0 Å². The van der Waals surface area contributed by atoms with Crippen LogP contribution in [-0.2, 0) is 0 Å². The van der Waals surface area contributed by atoms with Crippen molar-refractivity contribution in [3.05, 3.63) is 29.6 Å². The maximum atomic E-state index is 13.1. The summed E-state index contributed by atoms with van der Waals surface area (Å²) in [6, 6.07) is 4.42. The van der Waals surface area contributed by atoms with Gasteiger partial charge in [0.2, 0.25) is 0 Å². The SMILES string of the molecule is CC(=O)c1cc(F)ccc1N1CCNCC1. The molecule has 1 saturated heterocycles. The first kappa shape index (κ1) is 11.1. The van der Waals surface area contributed by atoms with Gasteiger partial charge in [-0.3, -0.25) is 4.79 Å². The van der Waals surface area contributed by atoms with E-state index in [0.717, 1.165) is 31.9 Å². The summed E-state index contributed by atoms with van der Waals surface area (Å²) in [6.07, 6.45) is 0. The third-order valence-electron chi connectivity index (χ3n) is 2.80. The predicted octanol–water partition coefficient (Wildman–Crippen LogP) is 1.44. The van der Waals surface area contributed by atoms with Gasteiger partial charge in [0.15, 0.2) is 5.78 Å². The fourth-order valence-electron chi connectivity index (χ4n) is 1.97. The van der Waals surface area contributed by atoms with Gasteiger partial charge in [0.05, 0.1) is 0 Å². The van der Waals surface area contributed by atoms with E-state index in [1.807, 2.05) is 0 Å². The van der Waals surface area contributed by atoms with Crippen molar-refractivity contribution in [3.63, 3.8) is 0 Å². The molecule has 0 radical (unpaired) electrons. The first-order valence-corrected chi connectivity index (χ1v) is 5.44. The van der Waals surface area contributed by atoms with Crippen molar-refractivity contribution in [1.82, 2.24) is 5.32 Å². The zero-order valence-corrected chi connectivity index (χ0v) is 9.29. The molecule has 86 valence electrons. The summed E-state index contributed by atoms with van der Waals surface area (Å²) in [6.45, 7) is 4.97. The molecule has 3 nitrogen and oxygen atoms in total. The number of benzene rings is 1. The molecule has 0 atom stereocenters. The van der Waals surface area contributed by atoms with Gasteiger partial charge < -0.3 is 10.2 Å². The van der Waals surface area contributed by atoms with E-state index in [1.54, 1.807) is 6.07 Å². The van der Waals surface area contributed by atoms with Gasteiger partial charge in [-0.15, -0.1) is 0 Å². The molecule has 2 rings (SSSR count). The van der Waals surface area contributed by atoms with E-state index in [0.29, 0.717) is 5.56 Å². The van der Waals surface area contributed by atoms with E-state index in [-0.39, 0.29) is 11.6 Å². The van der Waals surface area contributed by atoms with Crippen molar-refractivity contribution < 1.29 is 9.18 Å². The fraction of sp³-hybridized carbons (Fsp3) is 0.417. The lowest BCUT2D eigenvalue weighted by atomic mass is 10.1. The van der Waals surface area contributed by atoms with E-state index in [9.17, 15) is 9.18 Å². The quantitative estimate of drug-likeness (QED) is 0.768. The fourth-order valence-corrected chi connectivity index (χ4v) is 1.97. The number of halogens is 1. The molecule has 0 unspecified atom stereocenters. The van der Waals surface area contributed by atoms with E-state index in [2.05, 4.69) is 10.2 Å². The summed E-state index contributed by atoms with van der Waals surface area (Å²) < 4.78 is 13.1. The van der Waals surface area contributed by atoms with E-state index in [4.69, 9.17) is 0 Å². The zero-order valence-electron chi connectivity index (χ0n) is 9.29. The molecule has 0 bridgehead atoms. The second kappa shape index (κ2) is 4.61. The van der Waals surface area contributed by atoms with Crippen LogP contribution in [0, 0.1) is 5.82 Å².